The monoisotopic (exact) mass is 406 g/mol. The lowest BCUT2D eigenvalue weighted by Crippen LogP contribution is -2.50. The summed E-state index contributed by atoms with van der Waals surface area (Å²) in [5.41, 5.74) is 2.34. The van der Waals surface area contributed by atoms with E-state index in [9.17, 15) is 14.7 Å². The largest absolute Gasteiger partial charge is 0.506 e. The Bertz CT molecular complexity index is 1080. The van der Waals surface area contributed by atoms with E-state index >= 15 is 0 Å². The molecule has 2 N–H and O–H groups in total. The highest BCUT2D eigenvalue weighted by Crippen LogP contribution is 2.34. The van der Waals surface area contributed by atoms with Crippen molar-refractivity contribution in [1.29, 1.82) is 0 Å². The van der Waals surface area contributed by atoms with E-state index in [1.165, 1.54) is 11.0 Å². The normalized spacial score (nSPS) is 15.5. The molecule has 6 heteroatoms. The minimum atomic E-state index is -0.728. The Morgan fingerprint density at radius 3 is 2.45 bits per heavy atom. The number of rotatable bonds is 3. The SMILES string of the molecule is O=C(Nc1ccccc1O)C1CCc2ccccc2N1C(=O)c1ccccc1Cl. The van der Waals surface area contributed by atoms with Gasteiger partial charge in [0.1, 0.15) is 11.8 Å². The third-order valence-corrected chi connectivity index (χ3v) is 5.37. The van der Waals surface area contributed by atoms with Gasteiger partial charge in [0.25, 0.3) is 5.91 Å². The second kappa shape index (κ2) is 7.97. The summed E-state index contributed by atoms with van der Waals surface area (Å²) < 4.78 is 0. The van der Waals surface area contributed by atoms with Crippen molar-refractivity contribution in [2.24, 2.45) is 0 Å². The summed E-state index contributed by atoms with van der Waals surface area (Å²) in [5.74, 6) is -0.720. The molecule has 0 aliphatic carbocycles. The Morgan fingerprint density at radius 1 is 0.966 bits per heavy atom. The number of benzene rings is 3. The first-order valence-electron chi connectivity index (χ1n) is 9.31. The number of phenols is 1. The zero-order valence-corrected chi connectivity index (χ0v) is 16.3. The van der Waals surface area contributed by atoms with Gasteiger partial charge >= 0.3 is 0 Å². The zero-order chi connectivity index (χ0) is 20.4. The van der Waals surface area contributed by atoms with Crippen molar-refractivity contribution in [2.75, 3.05) is 10.2 Å². The molecule has 29 heavy (non-hydrogen) atoms. The standard InChI is InChI=1S/C23H19ClN2O3/c24-17-9-3-2-8-16(17)23(29)26-19-11-5-1-7-15(19)13-14-20(26)22(28)25-18-10-4-6-12-21(18)27/h1-12,20,27H,13-14H2,(H,25,28). The van der Waals surface area contributed by atoms with Crippen molar-refractivity contribution in [3.8, 4) is 5.75 Å². The number of carbonyl (C=O) groups is 2. The van der Waals surface area contributed by atoms with Crippen molar-refractivity contribution < 1.29 is 14.7 Å². The summed E-state index contributed by atoms with van der Waals surface area (Å²) in [6.45, 7) is 0. The molecule has 1 atom stereocenters. The quantitative estimate of drug-likeness (QED) is 0.622. The average Bonchev–Trinajstić information content (AvgIpc) is 2.74. The van der Waals surface area contributed by atoms with Crippen LogP contribution in [0.25, 0.3) is 0 Å². The van der Waals surface area contributed by atoms with Crippen molar-refractivity contribution >= 4 is 34.8 Å². The van der Waals surface area contributed by atoms with Crippen LogP contribution < -0.4 is 10.2 Å². The molecule has 1 aliphatic rings. The summed E-state index contributed by atoms with van der Waals surface area (Å²) in [6.07, 6.45) is 1.13. The number of para-hydroxylation sites is 3. The molecule has 3 aromatic carbocycles. The first kappa shape index (κ1) is 19.0. The molecule has 0 radical (unpaired) electrons. The average molecular weight is 407 g/mol. The zero-order valence-electron chi connectivity index (χ0n) is 15.5. The van der Waals surface area contributed by atoms with Crippen LogP contribution in [0.2, 0.25) is 5.02 Å². The van der Waals surface area contributed by atoms with Crippen molar-refractivity contribution in [3.05, 3.63) is 88.9 Å². The molecule has 5 nitrogen and oxygen atoms in total. The molecule has 0 saturated heterocycles. The molecular weight excluding hydrogens is 388 g/mol. The Kier molecular flexibility index (Phi) is 5.23. The minimum absolute atomic E-state index is 0.0268. The molecule has 3 aromatic rings. The Balaban J connectivity index is 1.73. The van der Waals surface area contributed by atoms with Crippen LogP contribution in [0.15, 0.2) is 72.8 Å². The number of carbonyl (C=O) groups excluding carboxylic acids is 2. The summed E-state index contributed by atoms with van der Waals surface area (Å²) >= 11 is 6.26. The number of nitrogens with zero attached hydrogens (tertiary/aromatic N) is 1. The van der Waals surface area contributed by atoms with Crippen LogP contribution in [0, 0.1) is 0 Å². The number of hydrogen-bond acceptors (Lipinski definition) is 3. The molecular formula is C23H19ClN2O3. The highest BCUT2D eigenvalue weighted by molar-refractivity contribution is 6.34. The molecule has 4 rings (SSSR count). The predicted molar refractivity (Wildman–Crippen MR) is 114 cm³/mol. The maximum atomic E-state index is 13.4. The topological polar surface area (TPSA) is 69.6 Å². The van der Waals surface area contributed by atoms with Crippen molar-refractivity contribution in [1.82, 2.24) is 0 Å². The number of anilines is 2. The maximum Gasteiger partial charge on any atom is 0.260 e. The lowest BCUT2D eigenvalue weighted by atomic mass is 9.94. The van der Waals surface area contributed by atoms with E-state index in [0.717, 1.165) is 5.56 Å². The van der Waals surface area contributed by atoms with Crippen LogP contribution in [0.3, 0.4) is 0 Å². The van der Waals surface area contributed by atoms with Crippen LogP contribution >= 0.6 is 11.6 Å². The Labute approximate surface area is 173 Å². The van der Waals surface area contributed by atoms with E-state index in [2.05, 4.69) is 5.32 Å². The van der Waals surface area contributed by atoms with E-state index in [4.69, 9.17) is 11.6 Å². The highest BCUT2D eigenvalue weighted by atomic mass is 35.5. The van der Waals surface area contributed by atoms with Gasteiger partial charge in [0.2, 0.25) is 5.91 Å². The fraction of sp³-hybridized carbons (Fsp3) is 0.130. The number of aryl methyl sites for hydroxylation is 1. The van der Waals surface area contributed by atoms with E-state index in [0.29, 0.717) is 34.8 Å². The van der Waals surface area contributed by atoms with Crippen molar-refractivity contribution in [2.45, 2.75) is 18.9 Å². The summed E-state index contributed by atoms with van der Waals surface area (Å²) in [6, 6.07) is 20.1. The fourth-order valence-electron chi connectivity index (χ4n) is 3.61. The van der Waals surface area contributed by atoms with Crippen LogP contribution in [-0.4, -0.2) is 23.0 Å². The van der Waals surface area contributed by atoms with Crippen LogP contribution in [0.1, 0.15) is 22.3 Å². The maximum absolute atomic E-state index is 13.4. The summed E-state index contributed by atoms with van der Waals surface area (Å²) in [4.78, 5) is 28.1. The first-order valence-corrected chi connectivity index (χ1v) is 9.69. The molecule has 0 spiro atoms. The van der Waals surface area contributed by atoms with Crippen LogP contribution in [0.5, 0.6) is 5.75 Å². The van der Waals surface area contributed by atoms with Gasteiger partial charge in [-0.15, -0.1) is 0 Å². The Morgan fingerprint density at radius 2 is 1.66 bits per heavy atom. The van der Waals surface area contributed by atoms with E-state index in [1.54, 1.807) is 42.5 Å². The lowest BCUT2D eigenvalue weighted by molar-refractivity contribution is -0.117. The summed E-state index contributed by atoms with van der Waals surface area (Å²) in [5, 5.41) is 13.1. The molecule has 2 amide bonds. The second-order valence-electron chi connectivity index (χ2n) is 6.84. The third-order valence-electron chi connectivity index (χ3n) is 5.04. The molecule has 0 aromatic heterocycles. The first-order chi connectivity index (χ1) is 14.1. The van der Waals surface area contributed by atoms with Gasteiger partial charge in [0.15, 0.2) is 0 Å². The lowest BCUT2D eigenvalue weighted by Gasteiger charge is -2.36. The number of amides is 2. The van der Waals surface area contributed by atoms with Gasteiger partial charge in [-0.1, -0.05) is 54.1 Å². The molecule has 1 aliphatic heterocycles. The molecule has 0 saturated carbocycles. The third kappa shape index (κ3) is 3.69. The van der Waals surface area contributed by atoms with Gasteiger partial charge in [0.05, 0.1) is 16.3 Å². The second-order valence-corrected chi connectivity index (χ2v) is 7.25. The number of fused-ring (bicyclic) bond motifs is 1. The summed E-state index contributed by atoms with van der Waals surface area (Å²) in [7, 11) is 0. The predicted octanol–water partition coefficient (Wildman–Crippen LogP) is 4.65. The number of aromatic hydroxyl groups is 1. The van der Waals surface area contributed by atoms with Gasteiger partial charge in [-0.05, 0) is 48.7 Å². The number of halogens is 1. The van der Waals surface area contributed by atoms with Gasteiger partial charge < -0.3 is 10.4 Å². The molecule has 146 valence electrons. The van der Waals surface area contributed by atoms with E-state index in [1.807, 2.05) is 24.3 Å². The van der Waals surface area contributed by atoms with Crippen LogP contribution in [-0.2, 0) is 11.2 Å². The molecule has 0 fully saturated rings. The number of hydrogen-bond donors (Lipinski definition) is 2. The smallest absolute Gasteiger partial charge is 0.260 e. The van der Waals surface area contributed by atoms with E-state index in [-0.39, 0.29) is 17.6 Å². The molecule has 1 unspecified atom stereocenters. The molecule has 0 bridgehead atoms. The van der Waals surface area contributed by atoms with Gasteiger partial charge in [-0.25, -0.2) is 0 Å². The Hall–Kier alpha value is -3.31. The number of phenolic OH excluding ortho intramolecular Hbond substituents is 1. The molecule has 1 heterocycles. The van der Waals surface area contributed by atoms with Gasteiger partial charge in [0, 0.05) is 5.69 Å². The van der Waals surface area contributed by atoms with Crippen molar-refractivity contribution in [3.63, 3.8) is 0 Å². The highest BCUT2D eigenvalue weighted by Gasteiger charge is 2.36. The van der Waals surface area contributed by atoms with E-state index < -0.39 is 6.04 Å². The van der Waals surface area contributed by atoms with Gasteiger partial charge in [-0.3, -0.25) is 14.5 Å². The number of nitrogens with one attached hydrogen (secondary N) is 1. The van der Waals surface area contributed by atoms with Crippen LogP contribution in [0.4, 0.5) is 11.4 Å². The fourth-order valence-corrected chi connectivity index (χ4v) is 3.82. The van der Waals surface area contributed by atoms with Gasteiger partial charge in [-0.2, -0.15) is 0 Å². The minimum Gasteiger partial charge on any atom is -0.506 e.